The van der Waals surface area contributed by atoms with E-state index < -0.39 is 0 Å². The minimum absolute atomic E-state index is 0.0177. The van der Waals surface area contributed by atoms with E-state index in [9.17, 15) is 9.59 Å². The highest BCUT2D eigenvalue weighted by Gasteiger charge is 2.66. The average Bonchev–Trinajstić information content (AvgIpc) is 3.56. The third-order valence-electron chi connectivity index (χ3n) is 9.11. The lowest BCUT2D eigenvalue weighted by atomic mass is 9.50. The molecule has 6 atom stereocenters. The predicted octanol–water partition coefficient (Wildman–Crippen LogP) is 7.63. The Morgan fingerprint density at radius 3 is 2.05 bits per heavy atom. The summed E-state index contributed by atoms with van der Waals surface area (Å²) in [6, 6.07) is 22.7. The first-order chi connectivity index (χ1) is 18.2. The molecule has 2 fully saturated rings. The number of benzene rings is 3. The summed E-state index contributed by atoms with van der Waals surface area (Å²) in [6.07, 6.45) is 8.86. The monoisotopic (exact) mass is 515 g/mol. The maximum atomic E-state index is 14.1. The van der Waals surface area contributed by atoms with E-state index in [1.165, 1.54) is 45.6 Å². The standard InChI is InChI=1S/C32H21NO2S2/c34-31-25-23-19-12-6-7-13-20(19)24(26(25)32(35)33(31)18-10-2-1-3-11-18)29-27(23)30-28(37-29)21-14-16-8-4-5-9-17(16)15-22(21)36-30/h1-15,19-20,23-26H/t19?,20?,23-,24+,25?,26?/m1/s1. The lowest BCUT2D eigenvalue weighted by Crippen LogP contribution is -2.48. The van der Waals surface area contributed by atoms with Gasteiger partial charge < -0.3 is 0 Å². The van der Waals surface area contributed by atoms with E-state index in [2.05, 4.69) is 60.7 Å². The number of imide groups is 1. The number of rotatable bonds is 1. The molecule has 10 rings (SSSR count). The van der Waals surface area contributed by atoms with Gasteiger partial charge in [-0.2, -0.15) is 0 Å². The van der Waals surface area contributed by atoms with E-state index in [1.54, 1.807) is 0 Å². The largest absolute Gasteiger partial charge is 0.274 e. The Kier molecular flexibility index (Phi) is 3.91. The van der Waals surface area contributed by atoms with Crippen molar-refractivity contribution in [3.63, 3.8) is 0 Å². The molecule has 1 aliphatic heterocycles. The number of amides is 2. The van der Waals surface area contributed by atoms with Crippen LogP contribution in [0.5, 0.6) is 0 Å². The van der Waals surface area contributed by atoms with E-state index in [1.807, 2.05) is 53.0 Å². The van der Waals surface area contributed by atoms with Crippen molar-refractivity contribution < 1.29 is 9.59 Å². The first-order valence-electron chi connectivity index (χ1n) is 12.9. The van der Waals surface area contributed by atoms with Gasteiger partial charge in [-0.25, -0.2) is 0 Å². The van der Waals surface area contributed by atoms with E-state index in [-0.39, 0.29) is 47.3 Å². The number of fused-ring (bicyclic) bond motifs is 4. The van der Waals surface area contributed by atoms with Crippen LogP contribution in [0.1, 0.15) is 22.3 Å². The molecule has 3 nitrogen and oxygen atoms in total. The van der Waals surface area contributed by atoms with Crippen LogP contribution in [0.15, 0.2) is 91.0 Å². The topological polar surface area (TPSA) is 37.4 Å². The number of nitrogens with zero attached hydrogens (tertiary/aromatic N) is 1. The van der Waals surface area contributed by atoms with Crippen LogP contribution in [0.2, 0.25) is 0 Å². The van der Waals surface area contributed by atoms with Crippen LogP contribution in [-0.2, 0) is 9.59 Å². The first kappa shape index (κ1) is 20.5. The molecule has 178 valence electrons. The summed E-state index contributed by atoms with van der Waals surface area (Å²) in [5.74, 6) is -0.0501. The molecule has 2 amide bonds. The SMILES string of the molecule is O=C1C2C(C(=O)N1c1ccccc1)[C@H]1c3sc4c(sc5cc6ccccc6cc54)c3[C@@H]2C2C=CC=CC21. The summed E-state index contributed by atoms with van der Waals surface area (Å²) in [5.41, 5.74) is 2.05. The van der Waals surface area contributed by atoms with Crippen molar-refractivity contribution in [1.82, 2.24) is 0 Å². The van der Waals surface area contributed by atoms with Crippen LogP contribution >= 0.6 is 22.7 Å². The Hall–Kier alpha value is -3.54. The van der Waals surface area contributed by atoms with Gasteiger partial charge in [-0.1, -0.05) is 66.8 Å². The molecular formula is C32H21NO2S2. The summed E-state index contributed by atoms with van der Waals surface area (Å²) >= 11 is 3.75. The molecule has 3 aromatic carbocycles. The van der Waals surface area contributed by atoms with Crippen molar-refractivity contribution in [3.8, 4) is 0 Å². The zero-order chi connectivity index (χ0) is 24.4. The Labute approximate surface area is 221 Å². The van der Waals surface area contributed by atoms with Gasteiger partial charge in [0.25, 0.3) is 0 Å². The van der Waals surface area contributed by atoms with Gasteiger partial charge in [0.2, 0.25) is 11.8 Å². The summed E-state index contributed by atoms with van der Waals surface area (Å²) in [7, 11) is 0. The molecule has 5 heteroatoms. The van der Waals surface area contributed by atoms with Crippen LogP contribution in [-0.4, -0.2) is 11.8 Å². The van der Waals surface area contributed by atoms with Crippen molar-refractivity contribution in [2.24, 2.45) is 23.7 Å². The Morgan fingerprint density at radius 2 is 1.30 bits per heavy atom. The van der Waals surface area contributed by atoms with E-state index >= 15 is 0 Å². The number of thiophene rings is 2. The minimum atomic E-state index is -0.301. The molecule has 1 saturated heterocycles. The fraction of sp³-hybridized carbons (Fsp3) is 0.188. The molecule has 0 N–H and O–H groups in total. The lowest BCUT2D eigenvalue weighted by molar-refractivity contribution is -0.125. The highest BCUT2D eigenvalue weighted by atomic mass is 32.1. The fourth-order valence-electron chi connectivity index (χ4n) is 7.73. The minimum Gasteiger partial charge on any atom is -0.274 e. The summed E-state index contributed by atoms with van der Waals surface area (Å²) in [5, 5.41) is 3.82. The fourth-order valence-corrected chi connectivity index (χ4v) is 10.8. The summed E-state index contributed by atoms with van der Waals surface area (Å²) in [4.78, 5) is 30.9. The van der Waals surface area contributed by atoms with Gasteiger partial charge in [-0.3, -0.25) is 14.5 Å². The first-order valence-corrected chi connectivity index (χ1v) is 14.5. The van der Waals surface area contributed by atoms with Crippen molar-refractivity contribution in [3.05, 3.63) is 101 Å². The van der Waals surface area contributed by atoms with Crippen LogP contribution in [0.4, 0.5) is 5.69 Å². The van der Waals surface area contributed by atoms with Crippen LogP contribution in [0.3, 0.4) is 0 Å². The molecule has 4 aliphatic carbocycles. The second-order valence-corrected chi connectivity index (χ2v) is 12.8. The quantitative estimate of drug-likeness (QED) is 0.215. The molecule has 0 radical (unpaired) electrons. The molecule has 5 aliphatic rings. The Balaban J connectivity index is 1.30. The van der Waals surface area contributed by atoms with E-state index in [0.29, 0.717) is 5.69 Å². The molecule has 5 aromatic rings. The Morgan fingerprint density at radius 1 is 0.649 bits per heavy atom. The molecular weight excluding hydrogens is 494 g/mol. The molecule has 1 saturated carbocycles. The van der Waals surface area contributed by atoms with Gasteiger partial charge in [0.15, 0.2) is 0 Å². The van der Waals surface area contributed by atoms with Crippen molar-refractivity contribution in [1.29, 1.82) is 0 Å². The number of carbonyl (C=O) groups is 2. The highest BCUT2D eigenvalue weighted by Crippen LogP contribution is 2.68. The molecule has 37 heavy (non-hydrogen) atoms. The predicted molar refractivity (Wildman–Crippen MR) is 151 cm³/mol. The number of anilines is 1. The maximum Gasteiger partial charge on any atom is 0.238 e. The molecule has 2 aromatic heterocycles. The maximum absolute atomic E-state index is 14.1. The number of hydrogen-bond donors (Lipinski definition) is 0. The molecule has 4 unspecified atom stereocenters. The smallest absolute Gasteiger partial charge is 0.238 e. The number of carbonyl (C=O) groups excluding carboxylic acids is 2. The van der Waals surface area contributed by atoms with Crippen molar-refractivity contribution >= 4 is 70.4 Å². The average molecular weight is 516 g/mol. The second-order valence-electron chi connectivity index (χ2n) is 10.7. The third-order valence-corrected chi connectivity index (χ3v) is 11.8. The zero-order valence-electron chi connectivity index (χ0n) is 19.7. The highest BCUT2D eigenvalue weighted by molar-refractivity contribution is 7.33. The van der Waals surface area contributed by atoms with Gasteiger partial charge in [-0.05, 0) is 52.4 Å². The lowest BCUT2D eigenvalue weighted by Gasteiger charge is -2.51. The van der Waals surface area contributed by atoms with E-state index in [4.69, 9.17) is 0 Å². The second kappa shape index (κ2) is 7.06. The van der Waals surface area contributed by atoms with E-state index in [0.717, 1.165) is 0 Å². The number of para-hydroxylation sites is 1. The third kappa shape index (κ3) is 2.47. The van der Waals surface area contributed by atoms with Gasteiger partial charge >= 0.3 is 0 Å². The Bertz CT molecular complexity index is 1880. The van der Waals surface area contributed by atoms with Gasteiger partial charge in [0.05, 0.1) is 26.9 Å². The molecule has 0 spiro atoms. The zero-order valence-corrected chi connectivity index (χ0v) is 21.3. The van der Waals surface area contributed by atoms with Crippen molar-refractivity contribution in [2.75, 3.05) is 4.90 Å². The van der Waals surface area contributed by atoms with Crippen molar-refractivity contribution in [2.45, 2.75) is 11.8 Å². The van der Waals surface area contributed by atoms with Crippen LogP contribution in [0, 0.1) is 23.7 Å². The molecule has 2 bridgehead atoms. The van der Waals surface area contributed by atoms with Crippen LogP contribution in [0.25, 0.3) is 30.3 Å². The van der Waals surface area contributed by atoms with Gasteiger partial charge in [0.1, 0.15) is 0 Å². The van der Waals surface area contributed by atoms with Crippen LogP contribution < -0.4 is 4.90 Å². The van der Waals surface area contributed by atoms with Gasteiger partial charge in [-0.15, -0.1) is 22.7 Å². The van der Waals surface area contributed by atoms with Gasteiger partial charge in [0, 0.05) is 26.8 Å². The molecule has 3 heterocycles. The number of hydrogen-bond acceptors (Lipinski definition) is 4. The normalized spacial score (nSPS) is 29.5. The summed E-state index contributed by atoms with van der Waals surface area (Å²) < 4.78 is 3.96. The number of allylic oxidation sites excluding steroid dienone is 4. The summed E-state index contributed by atoms with van der Waals surface area (Å²) in [6.45, 7) is 0.